The molecule has 0 amide bonds. The zero-order chi connectivity index (χ0) is 15.8. The summed E-state index contributed by atoms with van der Waals surface area (Å²) in [5.74, 6) is 0. The van der Waals surface area contributed by atoms with Crippen molar-refractivity contribution in [2.45, 2.75) is 27.2 Å². The van der Waals surface area contributed by atoms with Crippen LogP contribution in [-0.4, -0.2) is 24.0 Å². The highest BCUT2D eigenvalue weighted by Crippen LogP contribution is 2.25. The summed E-state index contributed by atoms with van der Waals surface area (Å²) < 4.78 is 0. The van der Waals surface area contributed by atoms with Crippen molar-refractivity contribution in [3.05, 3.63) is 66.0 Å². The molecular weight excluding hydrogens is 256 g/mol. The number of allylic oxidation sites excluding steroid dienone is 6. The van der Waals surface area contributed by atoms with Crippen molar-refractivity contribution >= 4 is 11.3 Å². The highest BCUT2D eigenvalue weighted by atomic mass is 15.1. The quantitative estimate of drug-likeness (QED) is 0.693. The monoisotopic (exact) mass is 282 g/mol. The summed E-state index contributed by atoms with van der Waals surface area (Å²) in [5, 5.41) is 0. The molecule has 0 aromatic carbocycles. The number of hydrogen-bond acceptors (Lipinski definition) is 2. The van der Waals surface area contributed by atoms with E-state index in [0.29, 0.717) is 0 Å². The number of rotatable bonds is 6. The minimum atomic E-state index is 1.03. The highest BCUT2D eigenvalue weighted by molar-refractivity contribution is 5.77. The Morgan fingerprint density at radius 3 is 2.57 bits per heavy atom. The van der Waals surface area contributed by atoms with Crippen molar-refractivity contribution in [3.8, 4) is 0 Å². The minimum Gasteiger partial charge on any atom is -0.377 e. The summed E-state index contributed by atoms with van der Waals surface area (Å²) in [7, 11) is 4.07. The van der Waals surface area contributed by atoms with E-state index in [9.17, 15) is 0 Å². The fraction of sp³-hybridized carbons (Fsp3) is 0.316. The van der Waals surface area contributed by atoms with Crippen LogP contribution in [0.25, 0.3) is 11.3 Å². The molecule has 2 heteroatoms. The lowest BCUT2D eigenvalue weighted by Gasteiger charge is -2.20. The molecule has 2 nitrogen and oxygen atoms in total. The molecule has 0 saturated carbocycles. The van der Waals surface area contributed by atoms with Gasteiger partial charge in [0.05, 0.1) is 5.69 Å². The molecule has 0 N–H and O–H groups in total. The average Bonchev–Trinajstić information content (AvgIpc) is 2.45. The van der Waals surface area contributed by atoms with Crippen LogP contribution in [0.3, 0.4) is 0 Å². The van der Waals surface area contributed by atoms with Crippen LogP contribution in [0.2, 0.25) is 0 Å². The van der Waals surface area contributed by atoms with Crippen LogP contribution in [-0.2, 0) is 0 Å². The molecule has 1 aromatic rings. The maximum Gasteiger partial charge on any atom is 0.0755 e. The highest BCUT2D eigenvalue weighted by Gasteiger charge is 2.12. The molecule has 0 fully saturated rings. The Balaban J connectivity index is 3.40. The summed E-state index contributed by atoms with van der Waals surface area (Å²) in [5.41, 5.74) is 5.45. The van der Waals surface area contributed by atoms with Crippen LogP contribution in [0.5, 0.6) is 0 Å². The first-order chi connectivity index (χ1) is 10.0. The fourth-order valence-corrected chi connectivity index (χ4v) is 2.08. The molecule has 0 bridgehead atoms. The van der Waals surface area contributed by atoms with Gasteiger partial charge in [-0.2, -0.15) is 0 Å². The Hall–Kier alpha value is -2.09. The van der Waals surface area contributed by atoms with Crippen LogP contribution >= 0.6 is 0 Å². The predicted molar refractivity (Wildman–Crippen MR) is 93.9 cm³/mol. The van der Waals surface area contributed by atoms with E-state index in [-0.39, 0.29) is 0 Å². The van der Waals surface area contributed by atoms with E-state index in [1.807, 2.05) is 33.2 Å². The topological polar surface area (TPSA) is 16.1 Å². The maximum absolute atomic E-state index is 4.73. The molecular formula is C19H26N2. The molecule has 0 unspecified atom stereocenters. The second-order valence-corrected chi connectivity index (χ2v) is 5.22. The van der Waals surface area contributed by atoms with E-state index in [2.05, 4.69) is 55.7 Å². The molecule has 0 radical (unpaired) electrons. The van der Waals surface area contributed by atoms with Gasteiger partial charge in [-0.05, 0) is 44.1 Å². The van der Waals surface area contributed by atoms with Gasteiger partial charge in [-0.25, -0.2) is 0 Å². The SMILES string of the molecule is C=C/C=C(/c1ccc(C)nc1/C(C)=C/C=C\CC)N(C)C. The first-order valence-corrected chi connectivity index (χ1v) is 7.33. The third-order valence-electron chi connectivity index (χ3n) is 3.16. The predicted octanol–water partition coefficient (Wildman–Crippen LogP) is 4.85. The first kappa shape index (κ1) is 17.0. The molecule has 1 rings (SSSR count). The lowest BCUT2D eigenvalue weighted by atomic mass is 10.0. The van der Waals surface area contributed by atoms with Crippen molar-refractivity contribution in [3.63, 3.8) is 0 Å². The van der Waals surface area contributed by atoms with Gasteiger partial charge in [-0.1, -0.05) is 37.8 Å². The van der Waals surface area contributed by atoms with E-state index >= 15 is 0 Å². The molecule has 1 aromatic heterocycles. The molecule has 0 atom stereocenters. The molecule has 0 aliphatic carbocycles. The standard InChI is InChI=1S/C19H26N2/c1-7-9-10-12-15(3)19-17(14-13-16(4)20-19)18(11-8-2)21(5)6/h8-14H,2,7H2,1,3-6H3/b10-9-,15-12+,18-11-. The Kier molecular flexibility index (Phi) is 6.67. The van der Waals surface area contributed by atoms with Crippen LogP contribution in [0.15, 0.2) is 49.1 Å². The minimum absolute atomic E-state index is 1.03. The second-order valence-electron chi connectivity index (χ2n) is 5.22. The number of pyridine rings is 1. The summed E-state index contributed by atoms with van der Waals surface area (Å²) in [6, 6.07) is 4.18. The molecule has 112 valence electrons. The van der Waals surface area contributed by atoms with Gasteiger partial charge in [0.25, 0.3) is 0 Å². The van der Waals surface area contributed by atoms with Crippen LogP contribution in [0.1, 0.15) is 37.2 Å². The zero-order valence-corrected chi connectivity index (χ0v) is 13.9. The lowest BCUT2D eigenvalue weighted by Crippen LogP contribution is -2.12. The van der Waals surface area contributed by atoms with E-state index in [0.717, 1.165) is 34.6 Å². The van der Waals surface area contributed by atoms with Gasteiger partial charge in [0.1, 0.15) is 0 Å². The number of aryl methyl sites for hydroxylation is 1. The summed E-state index contributed by atoms with van der Waals surface area (Å²) in [4.78, 5) is 6.82. The summed E-state index contributed by atoms with van der Waals surface area (Å²) >= 11 is 0. The second kappa shape index (κ2) is 8.25. The van der Waals surface area contributed by atoms with Crippen molar-refractivity contribution < 1.29 is 0 Å². The third-order valence-corrected chi connectivity index (χ3v) is 3.16. The number of nitrogens with zero attached hydrogens (tertiary/aromatic N) is 2. The Bertz CT molecular complexity index is 575. The molecule has 0 aliphatic heterocycles. The van der Waals surface area contributed by atoms with Gasteiger partial charge in [-0.3, -0.25) is 4.98 Å². The van der Waals surface area contributed by atoms with E-state index in [4.69, 9.17) is 4.98 Å². The van der Waals surface area contributed by atoms with Gasteiger partial charge < -0.3 is 4.90 Å². The Morgan fingerprint density at radius 2 is 2.00 bits per heavy atom. The van der Waals surface area contributed by atoms with Crippen molar-refractivity contribution in [1.29, 1.82) is 0 Å². The van der Waals surface area contributed by atoms with Crippen molar-refractivity contribution in [2.75, 3.05) is 14.1 Å². The molecule has 0 saturated heterocycles. The van der Waals surface area contributed by atoms with Crippen molar-refractivity contribution in [1.82, 2.24) is 9.88 Å². The lowest BCUT2D eigenvalue weighted by molar-refractivity contribution is 0.591. The molecule has 0 spiro atoms. The van der Waals surface area contributed by atoms with Crippen molar-refractivity contribution in [2.24, 2.45) is 0 Å². The normalized spacial score (nSPS) is 12.8. The Labute approximate surface area is 129 Å². The number of aromatic nitrogens is 1. The molecule has 1 heterocycles. The van der Waals surface area contributed by atoms with Crippen LogP contribution in [0, 0.1) is 6.92 Å². The largest absolute Gasteiger partial charge is 0.377 e. The van der Waals surface area contributed by atoms with Gasteiger partial charge in [0.15, 0.2) is 0 Å². The molecule has 0 aliphatic rings. The van der Waals surface area contributed by atoms with E-state index in [1.165, 1.54) is 0 Å². The van der Waals surface area contributed by atoms with E-state index < -0.39 is 0 Å². The summed E-state index contributed by atoms with van der Waals surface area (Å²) in [6.45, 7) is 10.1. The van der Waals surface area contributed by atoms with Gasteiger partial charge in [0, 0.05) is 31.0 Å². The van der Waals surface area contributed by atoms with Gasteiger partial charge in [-0.15, -0.1) is 0 Å². The van der Waals surface area contributed by atoms with Gasteiger partial charge >= 0.3 is 0 Å². The first-order valence-electron chi connectivity index (χ1n) is 7.33. The van der Waals surface area contributed by atoms with Crippen LogP contribution < -0.4 is 0 Å². The average molecular weight is 282 g/mol. The number of hydrogen-bond donors (Lipinski definition) is 0. The van der Waals surface area contributed by atoms with E-state index in [1.54, 1.807) is 0 Å². The Morgan fingerprint density at radius 1 is 1.29 bits per heavy atom. The van der Waals surface area contributed by atoms with Gasteiger partial charge in [0.2, 0.25) is 0 Å². The zero-order valence-electron chi connectivity index (χ0n) is 13.9. The smallest absolute Gasteiger partial charge is 0.0755 e. The summed E-state index contributed by atoms with van der Waals surface area (Å²) in [6.07, 6.45) is 11.2. The third kappa shape index (κ3) is 4.75. The fourth-order valence-electron chi connectivity index (χ4n) is 2.08. The molecule has 21 heavy (non-hydrogen) atoms. The van der Waals surface area contributed by atoms with Crippen LogP contribution in [0.4, 0.5) is 0 Å². The maximum atomic E-state index is 4.73.